The SMILES string of the molecule is CCN1CC(C(=O)N2CCc3cc(S(=O)(=O)N4CCCCC4)ccc32)CCC1=O. The maximum Gasteiger partial charge on any atom is 0.243 e. The Kier molecular flexibility index (Phi) is 5.66. The molecule has 0 spiro atoms. The van der Waals surface area contributed by atoms with Crippen LogP contribution in [-0.4, -0.2) is 62.2 Å². The number of carbonyl (C=O) groups is 2. The van der Waals surface area contributed by atoms with Gasteiger partial charge in [0.05, 0.1) is 10.8 Å². The van der Waals surface area contributed by atoms with E-state index in [0.717, 1.165) is 30.5 Å². The second-order valence-electron chi connectivity index (χ2n) is 8.16. The Balaban J connectivity index is 1.52. The van der Waals surface area contributed by atoms with E-state index in [1.165, 1.54) is 0 Å². The van der Waals surface area contributed by atoms with E-state index in [2.05, 4.69) is 0 Å². The molecular weight excluding hydrogens is 390 g/mol. The number of likely N-dealkylation sites (tertiary alicyclic amines) is 1. The second-order valence-corrected chi connectivity index (χ2v) is 10.1. The smallest absolute Gasteiger partial charge is 0.243 e. The minimum Gasteiger partial charge on any atom is -0.342 e. The lowest BCUT2D eigenvalue weighted by molar-refractivity contribution is -0.137. The Morgan fingerprint density at radius 2 is 1.86 bits per heavy atom. The molecule has 0 bridgehead atoms. The molecule has 2 amide bonds. The van der Waals surface area contributed by atoms with Crippen LogP contribution in [0, 0.1) is 5.92 Å². The van der Waals surface area contributed by atoms with E-state index in [0.29, 0.717) is 56.9 Å². The fourth-order valence-corrected chi connectivity index (χ4v) is 6.23. The number of hydrogen-bond donors (Lipinski definition) is 0. The number of carbonyl (C=O) groups excluding carboxylic acids is 2. The average Bonchev–Trinajstić information content (AvgIpc) is 3.17. The second kappa shape index (κ2) is 8.07. The van der Waals surface area contributed by atoms with E-state index in [9.17, 15) is 18.0 Å². The molecule has 0 N–H and O–H groups in total. The van der Waals surface area contributed by atoms with Gasteiger partial charge in [0, 0.05) is 44.8 Å². The molecule has 2 fully saturated rings. The van der Waals surface area contributed by atoms with Gasteiger partial charge < -0.3 is 9.80 Å². The van der Waals surface area contributed by atoms with Gasteiger partial charge in [-0.15, -0.1) is 0 Å². The summed E-state index contributed by atoms with van der Waals surface area (Å²) in [6, 6.07) is 5.16. The van der Waals surface area contributed by atoms with Crippen molar-refractivity contribution < 1.29 is 18.0 Å². The monoisotopic (exact) mass is 419 g/mol. The van der Waals surface area contributed by atoms with Crippen LogP contribution in [-0.2, 0) is 26.0 Å². The van der Waals surface area contributed by atoms with E-state index < -0.39 is 10.0 Å². The van der Waals surface area contributed by atoms with Gasteiger partial charge in [-0.1, -0.05) is 6.42 Å². The zero-order valence-corrected chi connectivity index (χ0v) is 17.8. The molecule has 1 aromatic carbocycles. The highest BCUT2D eigenvalue weighted by molar-refractivity contribution is 7.89. The van der Waals surface area contributed by atoms with Crippen molar-refractivity contribution in [1.29, 1.82) is 0 Å². The molecule has 3 aliphatic heterocycles. The minimum absolute atomic E-state index is 0.0429. The summed E-state index contributed by atoms with van der Waals surface area (Å²) in [5.41, 5.74) is 1.73. The van der Waals surface area contributed by atoms with Crippen LogP contribution in [0.1, 0.15) is 44.6 Å². The minimum atomic E-state index is -3.47. The van der Waals surface area contributed by atoms with Gasteiger partial charge in [-0.2, -0.15) is 4.31 Å². The Morgan fingerprint density at radius 3 is 2.59 bits per heavy atom. The lowest BCUT2D eigenvalue weighted by Gasteiger charge is -2.33. The van der Waals surface area contributed by atoms with Gasteiger partial charge in [-0.3, -0.25) is 9.59 Å². The van der Waals surface area contributed by atoms with Gasteiger partial charge in [0.1, 0.15) is 0 Å². The molecule has 4 rings (SSSR count). The van der Waals surface area contributed by atoms with Crippen LogP contribution in [0.4, 0.5) is 5.69 Å². The van der Waals surface area contributed by atoms with Crippen molar-refractivity contribution in [3.63, 3.8) is 0 Å². The normalized spacial score (nSPS) is 23.3. The van der Waals surface area contributed by atoms with Crippen LogP contribution < -0.4 is 4.90 Å². The van der Waals surface area contributed by atoms with Crippen molar-refractivity contribution in [2.24, 2.45) is 5.92 Å². The lowest BCUT2D eigenvalue weighted by Crippen LogP contribution is -2.46. The molecule has 0 radical (unpaired) electrons. The van der Waals surface area contributed by atoms with Crippen molar-refractivity contribution in [3.05, 3.63) is 23.8 Å². The highest BCUT2D eigenvalue weighted by Gasteiger charge is 2.36. The number of nitrogens with zero attached hydrogens (tertiary/aromatic N) is 3. The standard InChI is InChI=1S/C21H29N3O4S/c1-2-22-15-17(6-9-20(22)25)21(26)24-13-10-16-14-18(7-8-19(16)24)29(27,28)23-11-4-3-5-12-23/h7-8,14,17H,2-6,9-13,15H2,1H3. The molecule has 8 heteroatoms. The third kappa shape index (κ3) is 3.80. The molecule has 29 heavy (non-hydrogen) atoms. The topological polar surface area (TPSA) is 78.0 Å². The van der Waals surface area contributed by atoms with Crippen molar-refractivity contribution in [3.8, 4) is 0 Å². The maximum atomic E-state index is 13.1. The van der Waals surface area contributed by atoms with E-state index in [1.54, 1.807) is 32.3 Å². The summed E-state index contributed by atoms with van der Waals surface area (Å²) in [5, 5.41) is 0. The average molecular weight is 420 g/mol. The number of amides is 2. The third-order valence-electron chi connectivity index (χ3n) is 6.40. The molecule has 0 aromatic heterocycles. The Labute approximate surface area is 172 Å². The zero-order chi connectivity index (χ0) is 20.6. The number of benzene rings is 1. The van der Waals surface area contributed by atoms with Crippen LogP contribution in [0.25, 0.3) is 0 Å². The van der Waals surface area contributed by atoms with Crippen molar-refractivity contribution in [2.45, 2.75) is 50.3 Å². The highest BCUT2D eigenvalue weighted by atomic mass is 32.2. The van der Waals surface area contributed by atoms with Gasteiger partial charge in [0.2, 0.25) is 21.8 Å². The number of piperidine rings is 2. The van der Waals surface area contributed by atoms with Gasteiger partial charge in [-0.25, -0.2) is 8.42 Å². The highest BCUT2D eigenvalue weighted by Crippen LogP contribution is 2.33. The largest absolute Gasteiger partial charge is 0.342 e. The van der Waals surface area contributed by atoms with Gasteiger partial charge in [0.25, 0.3) is 0 Å². The van der Waals surface area contributed by atoms with Crippen LogP contribution in [0.2, 0.25) is 0 Å². The Hall–Kier alpha value is -1.93. The first-order valence-electron chi connectivity index (χ1n) is 10.6. The number of anilines is 1. The van der Waals surface area contributed by atoms with Gasteiger partial charge >= 0.3 is 0 Å². The number of rotatable bonds is 4. The van der Waals surface area contributed by atoms with Crippen molar-refractivity contribution in [2.75, 3.05) is 37.6 Å². The molecule has 1 atom stereocenters. The number of sulfonamides is 1. The molecule has 1 unspecified atom stereocenters. The summed E-state index contributed by atoms with van der Waals surface area (Å²) in [6.07, 6.45) is 4.55. The molecule has 3 aliphatic rings. The first kappa shape index (κ1) is 20.3. The molecule has 1 aromatic rings. The summed E-state index contributed by atoms with van der Waals surface area (Å²) in [6.45, 7) is 4.76. The van der Waals surface area contributed by atoms with E-state index in [1.807, 2.05) is 6.92 Å². The molecule has 0 aliphatic carbocycles. The van der Waals surface area contributed by atoms with E-state index in [4.69, 9.17) is 0 Å². The predicted molar refractivity (Wildman–Crippen MR) is 110 cm³/mol. The quantitative estimate of drug-likeness (QED) is 0.748. The number of fused-ring (bicyclic) bond motifs is 1. The molecule has 0 saturated carbocycles. The summed E-state index contributed by atoms with van der Waals surface area (Å²) in [4.78, 5) is 28.9. The molecular formula is C21H29N3O4S. The first-order valence-corrected chi connectivity index (χ1v) is 12.1. The van der Waals surface area contributed by atoms with Crippen LogP contribution in [0.15, 0.2) is 23.1 Å². The van der Waals surface area contributed by atoms with Crippen LogP contribution in [0.5, 0.6) is 0 Å². The van der Waals surface area contributed by atoms with Crippen LogP contribution >= 0.6 is 0 Å². The molecule has 158 valence electrons. The molecule has 7 nitrogen and oxygen atoms in total. The van der Waals surface area contributed by atoms with Gasteiger partial charge in [-0.05, 0) is 56.4 Å². The predicted octanol–water partition coefficient (Wildman–Crippen LogP) is 2.01. The molecule has 3 heterocycles. The summed E-state index contributed by atoms with van der Waals surface area (Å²) in [7, 11) is -3.47. The Morgan fingerprint density at radius 1 is 1.10 bits per heavy atom. The molecule has 2 saturated heterocycles. The number of hydrogen-bond acceptors (Lipinski definition) is 4. The first-order chi connectivity index (χ1) is 13.9. The summed E-state index contributed by atoms with van der Waals surface area (Å²) >= 11 is 0. The van der Waals surface area contributed by atoms with Crippen molar-refractivity contribution >= 4 is 27.5 Å². The summed E-state index contributed by atoms with van der Waals surface area (Å²) in [5.74, 6) is -0.0253. The van der Waals surface area contributed by atoms with E-state index in [-0.39, 0.29) is 17.7 Å². The lowest BCUT2D eigenvalue weighted by atomic mass is 9.96. The third-order valence-corrected chi connectivity index (χ3v) is 8.29. The zero-order valence-electron chi connectivity index (χ0n) is 17.0. The van der Waals surface area contributed by atoms with Gasteiger partial charge in [0.15, 0.2) is 0 Å². The fraction of sp³-hybridized carbons (Fsp3) is 0.619. The van der Waals surface area contributed by atoms with E-state index >= 15 is 0 Å². The van der Waals surface area contributed by atoms with Crippen molar-refractivity contribution in [1.82, 2.24) is 9.21 Å². The maximum absolute atomic E-state index is 13.1. The van der Waals surface area contributed by atoms with Crippen LogP contribution in [0.3, 0.4) is 0 Å². The Bertz CT molecular complexity index is 909. The summed E-state index contributed by atoms with van der Waals surface area (Å²) < 4.78 is 27.5. The fourth-order valence-electron chi connectivity index (χ4n) is 4.66.